The molecular formula is C14H17O8Si2. The molecule has 8 nitrogen and oxygen atoms in total. The van der Waals surface area contributed by atoms with Gasteiger partial charge in [0.1, 0.15) is 5.75 Å². The van der Waals surface area contributed by atoms with Crippen LogP contribution < -0.4 is 9.61 Å². The Hall–Kier alpha value is -2.18. The first-order chi connectivity index (χ1) is 11.2. The Balaban J connectivity index is 2.50. The molecule has 0 amide bonds. The summed E-state index contributed by atoms with van der Waals surface area (Å²) in [6.07, 6.45) is 0. The smallest absolute Gasteiger partial charge is 0.519 e. The molecular weight excluding hydrogens is 352 g/mol. The average Bonchev–Trinajstić information content (AvgIpc) is 2.44. The fourth-order valence-electron chi connectivity index (χ4n) is 2.15. The van der Waals surface area contributed by atoms with Gasteiger partial charge in [0, 0.05) is 26.3 Å². The number of hydrogen-bond acceptors (Lipinski definition) is 8. The number of hydrogen-bond donors (Lipinski definition) is 0. The summed E-state index contributed by atoms with van der Waals surface area (Å²) in [5, 5.41) is 0.292. The van der Waals surface area contributed by atoms with Gasteiger partial charge in [-0.25, -0.2) is 0 Å². The topological polar surface area (TPSA) is 97.4 Å². The highest BCUT2D eigenvalue weighted by Crippen LogP contribution is 2.25. The maximum absolute atomic E-state index is 11.5. The third kappa shape index (κ3) is 4.21. The first-order valence-electron chi connectivity index (χ1n) is 7.08. The molecule has 1 aliphatic heterocycles. The predicted octanol–water partition coefficient (Wildman–Crippen LogP) is 0.549. The number of carbonyl (C=O) groups is 3. The van der Waals surface area contributed by atoms with Gasteiger partial charge in [-0.3, -0.25) is 14.4 Å². The molecule has 0 saturated heterocycles. The molecule has 1 aromatic carbocycles. The minimum Gasteiger partial charge on any atom is -0.519 e. The standard InChI is InChI=1S/C14H17O8Si2/c1-9(15)20-24(21-10(2)16,22-11(3)17)13-5-6-14-12(7-13)8-18-23(4)19-14/h5-7H,8H2,1-4H3. The molecule has 0 bridgehead atoms. The summed E-state index contributed by atoms with van der Waals surface area (Å²) in [6.45, 7) is 5.59. The number of carbonyl (C=O) groups excluding carboxylic acids is 3. The van der Waals surface area contributed by atoms with Crippen molar-refractivity contribution in [3.8, 4) is 5.75 Å². The Morgan fingerprint density at radius 3 is 2.08 bits per heavy atom. The summed E-state index contributed by atoms with van der Waals surface area (Å²) in [5.74, 6) is -1.55. The molecule has 24 heavy (non-hydrogen) atoms. The molecule has 1 heterocycles. The minimum absolute atomic E-state index is 0.292. The lowest BCUT2D eigenvalue weighted by molar-refractivity contribution is -0.146. The summed E-state index contributed by atoms with van der Waals surface area (Å²) in [6, 6.07) is 4.81. The van der Waals surface area contributed by atoms with E-state index in [1.165, 1.54) is 0 Å². The van der Waals surface area contributed by atoms with Crippen LogP contribution in [-0.4, -0.2) is 36.0 Å². The van der Waals surface area contributed by atoms with Crippen molar-refractivity contribution in [3.05, 3.63) is 23.8 Å². The molecule has 0 N–H and O–H groups in total. The van der Waals surface area contributed by atoms with E-state index in [1.54, 1.807) is 18.2 Å². The zero-order chi connectivity index (χ0) is 17.9. The van der Waals surface area contributed by atoms with E-state index in [4.69, 9.17) is 22.1 Å². The summed E-state index contributed by atoms with van der Waals surface area (Å²) < 4.78 is 26.7. The van der Waals surface area contributed by atoms with Crippen LogP contribution >= 0.6 is 0 Å². The molecule has 1 aliphatic rings. The van der Waals surface area contributed by atoms with Crippen LogP contribution in [0.1, 0.15) is 26.3 Å². The summed E-state index contributed by atoms with van der Waals surface area (Å²) in [5.41, 5.74) is 0.687. The lowest BCUT2D eigenvalue weighted by Crippen LogP contribution is -2.59. The monoisotopic (exact) mass is 369 g/mol. The van der Waals surface area contributed by atoms with Crippen LogP contribution in [0.5, 0.6) is 5.75 Å². The van der Waals surface area contributed by atoms with Crippen LogP contribution in [-0.2, 0) is 38.7 Å². The molecule has 1 radical (unpaired) electrons. The maximum Gasteiger partial charge on any atom is 0.742 e. The van der Waals surface area contributed by atoms with Crippen molar-refractivity contribution in [1.29, 1.82) is 0 Å². The van der Waals surface area contributed by atoms with Crippen molar-refractivity contribution in [2.75, 3.05) is 0 Å². The normalized spacial score (nSPS) is 14.2. The van der Waals surface area contributed by atoms with Crippen molar-refractivity contribution in [2.24, 2.45) is 0 Å². The Bertz CT molecular complexity index is 634. The molecule has 2 rings (SSSR count). The molecule has 0 unspecified atom stereocenters. The number of rotatable bonds is 4. The first-order valence-corrected chi connectivity index (χ1v) is 10.6. The first kappa shape index (κ1) is 18.2. The van der Waals surface area contributed by atoms with E-state index in [0.717, 1.165) is 20.8 Å². The SMILES string of the molecule is CC(=O)O[Si](OC(C)=O)(OC(C)=O)c1ccc2c(c1)CO[Si](C)O2. The Morgan fingerprint density at radius 2 is 1.58 bits per heavy atom. The maximum atomic E-state index is 11.5. The van der Waals surface area contributed by atoms with Gasteiger partial charge >= 0.3 is 18.1 Å². The zero-order valence-electron chi connectivity index (χ0n) is 13.7. The van der Waals surface area contributed by atoms with Crippen LogP contribution in [0, 0.1) is 0 Å². The molecule has 0 aromatic heterocycles. The van der Waals surface area contributed by atoms with Crippen molar-refractivity contribution in [3.63, 3.8) is 0 Å². The average molecular weight is 369 g/mol. The van der Waals surface area contributed by atoms with Gasteiger partial charge in [0.15, 0.2) is 0 Å². The molecule has 0 spiro atoms. The van der Waals surface area contributed by atoms with Crippen LogP contribution in [0.2, 0.25) is 6.55 Å². The lowest BCUT2D eigenvalue weighted by Gasteiger charge is -2.28. The third-order valence-corrected chi connectivity index (χ3v) is 6.68. The number of fused-ring (bicyclic) bond motifs is 1. The fraction of sp³-hybridized carbons (Fsp3) is 0.357. The van der Waals surface area contributed by atoms with Gasteiger partial charge in [-0.2, -0.15) is 0 Å². The third-order valence-electron chi connectivity index (χ3n) is 2.93. The highest BCUT2D eigenvalue weighted by molar-refractivity contribution is 6.79. The van der Waals surface area contributed by atoms with E-state index in [0.29, 0.717) is 23.1 Å². The predicted molar refractivity (Wildman–Crippen MR) is 84.2 cm³/mol. The quantitative estimate of drug-likeness (QED) is 0.710. The second-order valence-corrected chi connectivity index (χ2v) is 8.82. The van der Waals surface area contributed by atoms with Gasteiger partial charge in [0.05, 0.1) is 11.8 Å². The number of benzene rings is 1. The Labute approximate surface area is 141 Å². The van der Waals surface area contributed by atoms with Crippen LogP contribution in [0.15, 0.2) is 18.2 Å². The van der Waals surface area contributed by atoms with Crippen LogP contribution in [0.3, 0.4) is 0 Å². The molecule has 10 heteroatoms. The van der Waals surface area contributed by atoms with E-state index in [9.17, 15) is 14.4 Å². The van der Waals surface area contributed by atoms with Crippen molar-refractivity contribution in [1.82, 2.24) is 0 Å². The fourth-order valence-corrected chi connectivity index (χ4v) is 5.33. The van der Waals surface area contributed by atoms with Gasteiger partial charge in [0.25, 0.3) is 17.9 Å². The van der Waals surface area contributed by atoms with E-state index >= 15 is 0 Å². The van der Waals surface area contributed by atoms with Crippen molar-refractivity contribution < 1.29 is 36.5 Å². The Morgan fingerprint density at radius 1 is 1.04 bits per heavy atom. The van der Waals surface area contributed by atoms with Gasteiger partial charge < -0.3 is 22.1 Å². The second kappa shape index (κ2) is 7.15. The molecule has 0 atom stereocenters. The summed E-state index contributed by atoms with van der Waals surface area (Å²) in [4.78, 5) is 34.5. The molecule has 0 saturated carbocycles. The van der Waals surface area contributed by atoms with Gasteiger partial charge in [-0.05, 0) is 24.7 Å². The minimum atomic E-state index is -4.09. The van der Waals surface area contributed by atoms with Crippen molar-refractivity contribution in [2.45, 2.75) is 33.9 Å². The van der Waals surface area contributed by atoms with Crippen LogP contribution in [0.4, 0.5) is 0 Å². The van der Waals surface area contributed by atoms with Crippen LogP contribution in [0.25, 0.3) is 0 Å². The van der Waals surface area contributed by atoms with Crippen molar-refractivity contribution >= 4 is 41.2 Å². The Kier molecular flexibility index (Phi) is 5.41. The summed E-state index contributed by atoms with van der Waals surface area (Å²) in [7, 11) is -5.44. The molecule has 1 aromatic rings. The lowest BCUT2D eigenvalue weighted by atomic mass is 10.2. The van der Waals surface area contributed by atoms with Gasteiger partial charge in [0.2, 0.25) is 0 Å². The molecule has 129 valence electrons. The van der Waals surface area contributed by atoms with E-state index in [2.05, 4.69) is 0 Å². The second-order valence-electron chi connectivity index (χ2n) is 5.04. The van der Waals surface area contributed by atoms with Gasteiger partial charge in [-0.15, -0.1) is 0 Å². The van der Waals surface area contributed by atoms with E-state index < -0.39 is 36.0 Å². The van der Waals surface area contributed by atoms with E-state index in [-0.39, 0.29) is 0 Å². The summed E-state index contributed by atoms with van der Waals surface area (Å²) >= 11 is 0. The molecule has 0 aliphatic carbocycles. The highest BCUT2D eigenvalue weighted by Gasteiger charge is 2.55. The zero-order valence-corrected chi connectivity index (χ0v) is 15.7. The highest BCUT2D eigenvalue weighted by atomic mass is 28.4. The molecule has 0 fully saturated rings. The largest absolute Gasteiger partial charge is 0.742 e. The van der Waals surface area contributed by atoms with E-state index in [1.807, 2.05) is 6.55 Å². The van der Waals surface area contributed by atoms with Gasteiger partial charge in [-0.1, -0.05) is 0 Å².